The van der Waals surface area contributed by atoms with Gasteiger partial charge in [-0.05, 0) is 123 Å². The van der Waals surface area contributed by atoms with Crippen LogP contribution in [0.25, 0.3) is 0 Å². The maximum absolute atomic E-state index is 10.2. The molecule has 8 rings (SSSR count). The monoisotopic (exact) mass is 966 g/mol. The largest absolute Gasteiger partial charge is 0.481 e. The number of hydrogen-bond acceptors (Lipinski definition) is 1. The van der Waals surface area contributed by atoms with E-state index in [0.29, 0.717) is 0 Å². The van der Waals surface area contributed by atoms with Gasteiger partial charge < -0.3 is 5.11 Å². The number of alkyl halides is 1. The van der Waals surface area contributed by atoms with Gasteiger partial charge in [0.15, 0.2) is 0 Å². The summed E-state index contributed by atoms with van der Waals surface area (Å²) in [5.74, 6) is 2.75. The van der Waals surface area contributed by atoms with Crippen LogP contribution in [0.5, 0.6) is 0 Å². The van der Waals surface area contributed by atoms with Crippen LogP contribution in [0.1, 0.15) is 118 Å². The van der Waals surface area contributed by atoms with Crippen molar-refractivity contribution in [3.8, 4) is 0 Å². The Labute approximate surface area is 384 Å². The van der Waals surface area contributed by atoms with E-state index in [1.807, 2.05) is 0 Å². The van der Waals surface area contributed by atoms with Gasteiger partial charge in [-0.2, -0.15) is 0 Å². The Morgan fingerprint density at radius 2 is 0.776 bits per heavy atom. The van der Waals surface area contributed by atoms with Crippen LogP contribution in [0, 0.1) is 29.6 Å². The summed E-state index contributed by atoms with van der Waals surface area (Å²) in [5, 5.41) is 14.6. The molecule has 4 atom stereocenters. The van der Waals surface area contributed by atoms with Crippen molar-refractivity contribution in [2.24, 2.45) is 29.6 Å². The van der Waals surface area contributed by atoms with Gasteiger partial charge in [0.25, 0.3) is 0 Å². The van der Waals surface area contributed by atoms with E-state index in [1.54, 1.807) is 21.2 Å². The van der Waals surface area contributed by atoms with E-state index >= 15 is 0 Å². The quantitative estimate of drug-likeness (QED) is 0.103. The molecular weight excluding hydrogens is 898 g/mol. The number of carbonyl (C=O) groups is 1. The minimum atomic E-state index is -0.609. The predicted molar refractivity (Wildman–Crippen MR) is 251 cm³/mol. The normalized spacial score (nSPS) is 21.6. The molecule has 4 unspecified atom stereocenters. The number of hydrogen-bond donors (Lipinski definition) is 1. The van der Waals surface area contributed by atoms with Gasteiger partial charge in [-0.25, -0.2) is 0 Å². The molecule has 0 heterocycles. The summed E-state index contributed by atoms with van der Waals surface area (Å²) >= 11 is 3.54. The molecule has 0 aliphatic heterocycles. The van der Waals surface area contributed by atoms with Gasteiger partial charge in [-0.3, -0.25) is 4.79 Å². The number of benzene rings is 4. The van der Waals surface area contributed by atoms with Gasteiger partial charge in [0.1, 0.15) is 0 Å². The molecule has 7 heteroatoms. The van der Waals surface area contributed by atoms with E-state index in [9.17, 15) is 4.79 Å². The molecule has 0 spiro atoms. The molecule has 0 saturated heterocycles. The fourth-order valence-corrected chi connectivity index (χ4v) is 17.0. The molecule has 1 N–H and O–H groups in total. The van der Waals surface area contributed by atoms with E-state index in [-0.39, 0.29) is 55.9 Å². The predicted octanol–water partition coefficient (Wildman–Crippen LogP) is 13.5. The van der Waals surface area contributed by atoms with E-state index in [4.69, 9.17) is 5.11 Å². The third-order valence-corrected chi connectivity index (χ3v) is 19.5. The molecule has 0 radical (unpaired) electrons. The van der Waals surface area contributed by atoms with Crippen molar-refractivity contribution in [2.75, 3.05) is 0 Å². The average Bonchev–Trinajstić information content (AvgIpc) is 4.07. The second kappa shape index (κ2) is 27.6. The SMILES string of the molecule is BrC1CCCC1.CC(C)C1CCCC1P(c1ccccc1)c1ccccc1.CC(C)C1CCCC1P(c1ccccc1)c1ccccc1.O=C(O)C1CCCC1.[Fe].[Fe]. The summed E-state index contributed by atoms with van der Waals surface area (Å²) in [7, 11) is -0.448. The second-order valence-corrected chi connectivity index (χ2v) is 23.3. The molecule has 4 aliphatic rings. The Kier molecular flexibility index (Phi) is 24.3. The molecule has 4 aromatic carbocycles. The fraction of sp³-hybridized carbons (Fsp3) is 0.510. The topological polar surface area (TPSA) is 37.3 Å². The van der Waals surface area contributed by atoms with Crippen LogP contribution in [-0.2, 0) is 38.9 Å². The molecule has 4 aliphatic carbocycles. The summed E-state index contributed by atoms with van der Waals surface area (Å²) in [6, 6.07) is 44.9. The molecule has 2 nitrogen and oxygen atoms in total. The zero-order valence-corrected chi connectivity index (χ0v) is 41.0. The molecule has 58 heavy (non-hydrogen) atoms. The molecule has 4 aromatic rings. The Balaban J connectivity index is 0.000000228. The van der Waals surface area contributed by atoms with Crippen molar-refractivity contribution < 1.29 is 44.0 Å². The smallest absolute Gasteiger partial charge is 0.306 e. The first-order valence-corrected chi connectivity index (χ1v) is 25.6. The van der Waals surface area contributed by atoms with Crippen LogP contribution in [-0.4, -0.2) is 27.2 Å². The van der Waals surface area contributed by atoms with Crippen molar-refractivity contribution in [3.63, 3.8) is 0 Å². The van der Waals surface area contributed by atoms with E-state index in [1.165, 1.54) is 64.2 Å². The van der Waals surface area contributed by atoms with Gasteiger partial charge in [0, 0.05) is 39.0 Å². The molecular formula is C51H69BrFe2O2P2. The van der Waals surface area contributed by atoms with E-state index in [2.05, 4.69) is 165 Å². The van der Waals surface area contributed by atoms with E-state index < -0.39 is 5.97 Å². The standard InChI is InChI=1S/2C20H25P.C6H10O2.C5H9Br.2Fe/c2*1-16(2)19-14-9-15-20(19)21(17-10-5-3-6-11-17)18-12-7-4-8-13-18;7-6(8)5-3-1-2-4-5;6-5-3-1-2-4-5;;/h2*3-8,10-13,16,19-20H,9,14-15H2,1-2H3;5H,1-4H2,(H,7,8);5H,1-4H2;;. The van der Waals surface area contributed by atoms with Crippen molar-refractivity contribution >= 4 is 59.0 Å². The second-order valence-electron chi connectivity index (χ2n) is 17.1. The van der Waals surface area contributed by atoms with Gasteiger partial charge in [0.2, 0.25) is 0 Å². The first-order chi connectivity index (χ1) is 27.2. The Bertz CT molecular complexity index is 1470. The van der Waals surface area contributed by atoms with Crippen LogP contribution < -0.4 is 21.2 Å². The average molecular weight is 968 g/mol. The van der Waals surface area contributed by atoms with Gasteiger partial charge in [-0.15, -0.1) is 0 Å². The van der Waals surface area contributed by atoms with Crippen LogP contribution in [0.3, 0.4) is 0 Å². The molecule has 4 saturated carbocycles. The van der Waals surface area contributed by atoms with E-state index in [0.717, 1.165) is 65.5 Å². The summed E-state index contributed by atoms with van der Waals surface area (Å²) in [6.45, 7) is 9.64. The van der Waals surface area contributed by atoms with Crippen LogP contribution in [0.4, 0.5) is 0 Å². The minimum Gasteiger partial charge on any atom is -0.481 e. The molecule has 4 fully saturated rings. The van der Waals surface area contributed by atoms with Crippen LogP contribution >= 0.6 is 31.8 Å². The summed E-state index contributed by atoms with van der Waals surface area (Å²) in [4.78, 5) is 11.1. The Morgan fingerprint density at radius 1 is 0.483 bits per heavy atom. The maximum atomic E-state index is 10.2. The minimum absolute atomic E-state index is 0. The van der Waals surface area contributed by atoms with Crippen LogP contribution in [0.15, 0.2) is 121 Å². The molecule has 0 aromatic heterocycles. The Morgan fingerprint density at radius 3 is 1.00 bits per heavy atom. The third kappa shape index (κ3) is 15.6. The fourth-order valence-electron chi connectivity index (χ4n) is 9.60. The number of halogens is 1. The zero-order valence-electron chi connectivity index (χ0n) is 35.4. The van der Waals surface area contributed by atoms with Crippen molar-refractivity contribution in [2.45, 2.75) is 134 Å². The van der Waals surface area contributed by atoms with Crippen molar-refractivity contribution in [1.82, 2.24) is 0 Å². The first-order valence-electron chi connectivity index (χ1n) is 21.9. The molecule has 0 amide bonds. The molecule has 0 bridgehead atoms. The maximum Gasteiger partial charge on any atom is 0.306 e. The van der Waals surface area contributed by atoms with Gasteiger partial charge in [0.05, 0.1) is 5.92 Å². The number of rotatable bonds is 9. The Hall–Kier alpha value is -1.27. The molecule has 318 valence electrons. The van der Waals surface area contributed by atoms with Crippen molar-refractivity contribution in [3.05, 3.63) is 121 Å². The third-order valence-electron chi connectivity index (χ3n) is 12.6. The zero-order chi connectivity index (χ0) is 39.7. The first kappa shape index (κ1) is 51.1. The van der Waals surface area contributed by atoms with Gasteiger partial charge >= 0.3 is 5.97 Å². The van der Waals surface area contributed by atoms with Gasteiger partial charge in [-0.1, -0.05) is 203 Å². The number of carboxylic acid groups (broad SMARTS) is 1. The summed E-state index contributed by atoms with van der Waals surface area (Å²) in [5.41, 5.74) is 1.70. The number of aliphatic carboxylic acids is 1. The van der Waals surface area contributed by atoms with Crippen molar-refractivity contribution in [1.29, 1.82) is 0 Å². The number of carboxylic acids is 1. The van der Waals surface area contributed by atoms with Crippen LogP contribution in [0.2, 0.25) is 0 Å². The summed E-state index contributed by atoms with van der Waals surface area (Å²) < 4.78 is 0. The summed E-state index contributed by atoms with van der Waals surface area (Å²) in [6.07, 6.45) is 18.2.